The largest absolute Gasteiger partial charge is 0.390 e. The minimum absolute atomic E-state index is 0.179. The molecule has 17 heavy (non-hydrogen) atoms. The van der Waals surface area contributed by atoms with Crippen LogP contribution in [-0.4, -0.2) is 32.8 Å². The molecule has 1 aromatic rings. The summed E-state index contributed by atoms with van der Waals surface area (Å²) in [6.45, 7) is 1.73. The van der Waals surface area contributed by atoms with Gasteiger partial charge in [-0.05, 0) is 19.9 Å². The van der Waals surface area contributed by atoms with Gasteiger partial charge in [-0.15, -0.1) is 0 Å². The molecule has 7 nitrogen and oxygen atoms in total. The molecule has 0 aliphatic rings. The molecule has 1 rings (SSSR count). The summed E-state index contributed by atoms with van der Waals surface area (Å²) >= 11 is 0. The van der Waals surface area contributed by atoms with E-state index in [0.29, 0.717) is 0 Å². The lowest BCUT2D eigenvalue weighted by Crippen LogP contribution is -2.22. The SMILES string of the molecule is Cc1ncc(C(O)C(O)CCN)cc1[N+](=O)[O-]. The topological polar surface area (TPSA) is 123 Å². The Hall–Kier alpha value is -1.57. The number of rotatable bonds is 5. The van der Waals surface area contributed by atoms with Gasteiger partial charge >= 0.3 is 0 Å². The van der Waals surface area contributed by atoms with Gasteiger partial charge in [0.15, 0.2) is 0 Å². The number of aliphatic hydroxyl groups is 2. The molecule has 0 aromatic carbocycles. The Labute approximate surface area is 98.1 Å². The molecular weight excluding hydrogens is 226 g/mol. The molecule has 7 heteroatoms. The fraction of sp³-hybridized carbons (Fsp3) is 0.500. The molecule has 2 atom stereocenters. The zero-order valence-electron chi connectivity index (χ0n) is 9.41. The average molecular weight is 241 g/mol. The first kappa shape index (κ1) is 13.5. The second-order valence-electron chi connectivity index (χ2n) is 3.72. The number of aliphatic hydroxyl groups excluding tert-OH is 2. The van der Waals surface area contributed by atoms with E-state index < -0.39 is 17.1 Å². The van der Waals surface area contributed by atoms with Crippen LogP contribution in [0.4, 0.5) is 5.69 Å². The molecule has 0 bridgehead atoms. The Morgan fingerprint density at radius 2 is 2.24 bits per heavy atom. The second-order valence-corrected chi connectivity index (χ2v) is 3.72. The van der Waals surface area contributed by atoms with Crippen molar-refractivity contribution in [3.05, 3.63) is 33.6 Å². The normalized spacial score (nSPS) is 14.4. The van der Waals surface area contributed by atoms with Gasteiger partial charge < -0.3 is 15.9 Å². The molecule has 2 unspecified atom stereocenters. The van der Waals surface area contributed by atoms with Crippen LogP contribution in [0.25, 0.3) is 0 Å². The molecular formula is C10H15N3O4. The Balaban J connectivity index is 2.99. The van der Waals surface area contributed by atoms with Crippen molar-refractivity contribution in [2.24, 2.45) is 5.73 Å². The van der Waals surface area contributed by atoms with Crippen LogP contribution in [0.15, 0.2) is 12.3 Å². The molecule has 0 radical (unpaired) electrons. The summed E-state index contributed by atoms with van der Waals surface area (Å²) in [4.78, 5) is 13.9. The summed E-state index contributed by atoms with van der Waals surface area (Å²) in [5, 5.41) is 30.0. The van der Waals surface area contributed by atoms with Gasteiger partial charge in [0.1, 0.15) is 11.8 Å². The van der Waals surface area contributed by atoms with E-state index in [1.807, 2.05) is 0 Å². The molecule has 1 heterocycles. The van der Waals surface area contributed by atoms with Gasteiger partial charge in [0.25, 0.3) is 5.69 Å². The second kappa shape index (κ2) is 5.67. The monoisotopic (exact) mass is 241 g/mol. The molecule has 0 aliphatic heterocycles. The zero-order valence-corrected chi connectivity index (χ0v) is 9.41. The lowest BCUT2D eigenvalue weighted by Gasteiger charge is -2.17. The Bertz CT molecular complexity index is 411. The standard InChI is InChI=1S/C10H15N3O4/c1-6-8(13(16)17)4-7(5-12-6)10(15)9(14)2-3-11/h4-5,9-10,14-15H,2-3,11H2,1H3. The molecule has 0 fully saturated rings. The Morgan fingerprint density at radius 1 is 1.59 bits per heavy atom. The summed E-state index contributed by atoms with van der Waals surface area (Å²) in [7, 11) is 0. The van der Waals surface area contributed by atoms with Gasteiger partial charge in [-0.25, -0.2) is 0 Å². The molecule has 0 aliphatic carbocycles. The fourth-order valence-corrected chi connectivity index (χ4v) is 1.43. The highest BCUT2D eigenvalue weighted by Crippen LogP contribution is 2.23. The Morgan fingerprint density at radius 3 is 2.76 bits per heavy atom. The molecule has 94 valence electrons. The number of nitrogens with two attached hydrogens (primary N) is 1. The zero-order chi connectivity index (χ0) is 13.0. The predicted molar refractivity (Wildman–Crippen MR) is 60.3 cm³/mol. The van der Waals surface area contributed by atoms with E-state index in [2.05, 4.69) is 4.98 Å². The summed E-state index contributed by atoms with van der Waals surface area (Å²) in [5.41, 5.74) is 5.55. The maximum atomic E-state index is 10.7. The Kier molecular flexibility index (Phi) is 4.50. The highest BCUT2D eigenvalue weighted by molar-refractivity contribution is 5.38. The minimum Gasteiger partial charge on any atom is -0.390 e. The van der Waals surface area contributed by atoms with Crippen molar-refractivity contribution in [1.29, 1.82) is 0 Å². The summed E-state index contributed by atoms with van der Waals surface area (Å²) in [6, 6.07) is 1.22. The molecule has 0 spiro atoms. The van der Waals surface area contributed by atoms with Crippen molar-refractivity contribution in [3.63, 3.8) is 0 Å². The van der Waals surface area contributed by atoms with Gasteiger partial charge in [-0.1, -0.05) is 0 Å². The summed E-state index contributed by atoms with van der Waals surface area (Å²) in [5.74, 6) is 0. The number of aromatic nitrogens is 1. The molecule has 0 amide bonds. The van der Waals surface area contributed by atoms with Gasteiger partial charge in [0.2, 0.25) is 0 Å². The van der Waals surface area contributed by atoms with Crippen LogP contribution in [-0.2, 0) is 0 Å². The van der Waals surface area contributed by atoms with E-state index in [1.54, 1.807) is 0 Å². The molecule has 0 saturated heterocycles. The van der Waals surface area contributed by atoms with Crippen molar-refractivity contribution in [2.45, 2.75) is 25.6 Å². The van der Waals surface area contributed by atoms with Crippen LogP contribution >= 0.6 is 0 Å². The van der Waals surface area contributed by atoms with Crippen molar-refractivity contribution in [1.82, 2.24) is 4.98 Å². The smallest absolute Gasteiger partial charge is 0.290 e. The molecule has 0 saturated carbocycles. The molecule has 1 aromatic heterocycles. The van der Waals surface area contributed by atoms with Crippen molar-refractivity contribution in [3.8, 4) is 0 Å². The number of aryl methyl sites for hydroxylation is 1. The molecule has 4 N–H and O–H groups in total. The van der Waals surface area contributed by atoms with Crippen LogP contribution in [0.5, 0.6) is 0 Å². The van der Waals surface area contributed by atoms with Gasteiger partial charge in [-0.2, -0.15) is 0 Å². The van der Waals surface area contributed by atoms with Crippen molar-refractivity contribution < 1.29 is 15.1 Å². The summed E-state index contributed by atoms with van der Waals surface area (Å²) in [6.07, 6.45) is -0.746. The third-order valence-electron chi connectivity index (χ3n) is 2.45. The lowest BCUT2D eigenvalue weighted by molar-refractivity contribution is -0.385. The first-order chi connectivity index (χ1) is 7.97. The maximum Gasteiger partial charge on any atom is 0.290 e. The van der Waals surface area contributed by atoms with Crippen LogP contribution in [0, 0.1) is 17.0 Å². The van der Waals surface area contributed by atoms with E-state index >= 15 is 0 Å². The number of pyridine rings is 1. The first-order valence-corrected chi connectivity index (χ1v) is 5.14. The third kappa shape index (κ3) is 3.19. The van der Waals surface area contributed by atoms with E-state index in [9.17, 15) is 20.3 Å². The third-order valence-corrected chi connectivity index (χ3v) is 2.45. The van der Waals surface area contributed by atoms with Crippen LogP contribution < -0.4 is 5.73 Å². The maximum absolute atomic E-state index is 10.7. The highest BCUT2D eigenvalue weighted by Gasteiger charge is 2.21. The fourth-order valence-electron chi connectivity index (χ4n) is 1.43. The first-order valence-electron chi connectivity index (χ1n) is 5.14. The lowest BCUT2D eigenvalue weighted by atomic mass is 10.0. The van der Waals surface area contributed by atoms with Gasteiger partial charge in [0.05, 0.1) is 11.0 Å². The predicted octanol–water partition coefficient (Wildman–Crippen LogP) is 0.0413. The highest BCUT2D eigenvalue weighted by atomic mass is 16.6. The average Bonchev–Trinajstić information content (AvgIpc) is 2.28. The van der Waals surface area contributed by atoms with E-state index in [4.69, 9.17) is 5.73 Å². The summed E-state index contributed by atoms with van der Waals surface area (Å²) < 4.78 is 0. The van der Waals surface area contributed by atoms with E-state index in [1.165, 1.54) is 19.2 Å². The number of nitro groups is 1. The van der Waals surface area contributed by atoms with Crippen molar-refractivity contribution >= 4 is 5.69 Å². The van der Waals surface area contributed by atoms with Crippen molar-refractivity contribution in [2.75, 3.05) is 6.54 Å². The van der Waals surface area contributed by atoms with E-state index in [0.717, 1.165) is 0 Å². The van der Waals surface area contributed by atoms with Gasteiger partial charge in [-0.3, -0.25) is 15.1 Å². The van der Waals surface area contributed by atoms with Crippen LogP contribution in [0.1, 0.15) is 23.8 Å². The number of nitrogens with zero attached hydrogens (tertiary/aromatic N) is 2. The van der Waals surface area contributed by atoms with Gasteiger partial charge in [0, 0.05) is 17.8 Å². The van der Waals surface area contributed by atoms with Crippen LogP contribution in [0.2, 0.25) is 0 Å². The van der Waals surface area contributed by atoms with E-state index in [-0.39, 0.29) is 29.9 Å². The van der Waals surface area contributed by atoms with Crippen LogP contribution in [0.3, 0.4) is 0 Å². The minimum atomic E-state index is -1.22. The number of hydrogen-bond donors (Lipinski definition) is 3. The quantitative estimate of drug-likeness (QED) is 0.494. The number of hydrogen-bond acceptors (Lipinski definition) is 6.